The van der Waals surface area contributed by atoms with Gasteiger partial charge in [0.05, 0.1) is 0 Å². The number of imidazole rings is 1. The molecule has 0 radical (unpaired) electrons. The van der Waals surface area contributed by atoms with Crippen molar-refractivity contribution in [3.05, 3.63) is 200 Å². The maximum absolute atomic E-state index is 15.0. The van der Waals surface area contributed by atoms with Crippen molar-refractivity contribution in [1.82, 2.24) is 14.4 Å². The van der Waals surface area contributed by atoms with E-state index in [4.69, 9.17) is 9.97 Å². The quantitative estimate of drug-likeness (QED) is 0.0919. The van der Waals surface area contributed by atoms with Gasteiger partial charge in [-0.2, -0.15) is 0 Å². The Morgan fingerprint density at radius 2 is 1.00 bits per heavy atom. The molecule has 0 unspecified atom stereocenters. The van der Waals surface area contributed by atoms with Crippen LogP contribution in [0.1, 0.15) is 0 Å². The van der Waals surface area contributed by atoms with Gasteiger partial charge in [-0.05, 0) is 0 Å². The maximum atomic E-state index is 15.0. The molecule has 262 valence electrons. The Bertz CT molecular complexity index is 3050. The van der Waals surface area contributed by atoms with Gasteiger partial charge in [-0.25, -0.2) is 0 Å². The second kappa shape index (κ2) is 13.6. The minimum atomic E-state index is -3.14. The van der Waals surface area contributed by atoms with Crippen LogP contribution in [0.3, 0.4) is 0 Å². The predicted molar refractivity (Wildman–Crippen MR) is 235 cm³/mol. The summed E-state index contributed by atoms with van der Waals surface area (Å²) in [7, 11) is -3.14. The molecule has 7 aromatic carbocycles. The number of benzene rings is 7. The Kier molecular flexibility index (Phi) is 8.36. The van der Waals surface area contributed by atoms with Crippen molar-refractivity contribution in [3.63, 3.8) is 0 Å². The first-order valence-corrected chi connectivity index (χ1v) is 23.9. The first kappa shape index (κ1) is 33.9. The molecule has 0 atom stereocenters. The Labute approximate surface area is 326 Å². The molecular weight excluding hydrogens is 775 g/mol. The van der Waals surface area contributed by atoms with Crippen LogP contribution in [-0.4, -0.2) is 29.5 Å². The minimum absolute atomic E-state index is 0.705. The van der Waals surface area contributed by atoms with Crippen molar-refractivity contribution in [2.45, 2.75) is 0 Å². The van der Waals surface area contributed by atoms with Crippen molar-refractivity contribution in [2.24, 2.45) is 0 Å². The molecule has 0 aliphatic heterocycles. The van der Waals surface area contributed by atoms with Crippen LogP contribution in [0.4, 0.5) is 0 Å². The third kappa shape index (κ3) is 5.50. The molecule has 0 saturated heterocycles. The summed E-state index contributed by atoms with van der Waals surface area (Å²) in [5.74, 6) is 0. The van der Waals surface area contributed by atoms with Crippen LogP contribution >= 0.6 is 12.7 Å². The molecule has 0 spiro atoms. The van der Waals surface area contributed by atoms with Crippen LogP contribution in [0.25, 0.3) is 49.6 Å². The van der Waals surface area contributed by atoms with Crippen LogP contribution in [-0.2, 0) is 4.57 Å². The van der Waals surface area contributed by atoms with E-state index in [0.29, 0.717) is 5.30 Å². The summed E-state index contributed by atoms with van der Waals surface area (Å²) in [4.78, 5) is 10.3. The zero-order valence-electron chi connectivity index (χ0n) is 29.6. The van der Waals surface area contributed by atoms with Gasteiger partial charge in [-0.3, -0.25) is 0 Å². The number of fused-ring (bicyclic) bond motifs is 8. The average molecular weight is 809 g/mol. The summed E-state index contributed by atoms with van der Waals surface area (Å²) in [5, 5.41) is 9.50. The normalized spacial score (nSPS) is 12.1. The first-order chi connectivity index (χ1) is 27.0. The van der Waals surface area contributed by atoms with Gasteiger partial charge in [0.2, 0.25) is 0 Å². The summed E-state index contributed by atoms with van der Waals surface area (Å²) in [5.41, 5.74) is 3.65. The Hall–Kier alpha value is -5.66. The number of aromatic nitrogens is 3. The fraction of sp³-hybridized carbons (Fsp3) is 0. The van der Waals surface area contributed by atoms with Crippen molar-refractivity contribution in [1.29, 1.82) is 0 Å². The van der Waals surface area contributed by atoms with E-state index in [1.807, 2.05) is 72.8 Å². The second-order valence-electron chi connectivity index (χ2n) is 13.7. The average Bonchev–Trinajstić information content (AvgIpc) is 3.67. The zero-order chi connectivity index (χ0) is 37.0. The van der Waals surface area contributed by atoms with Gasteiger partial charge in [-0.1, -0.05) is 60.7 Å². The number of hydrogen-bond donors (Lipinski definition) is 0. The molecular formula is C48H33N3OP2Se. The molecule has 0 aliphatic carbocycles. The van der Waals surface area contributed by atoms with Gasteiger partial charge < -0.3 is 4.57 Å². The number of hydrogen-bond acceptors (Lipinski definition) is 3. The molecule has 0 aliphatic rings. The SMILES string of the molecule is O=P(c1ccccc1)(c1ccccc1)c1ccc(-c2ccc3c4ccccc4c4nc5ccc(P(=[Se])(c6ccccc6)c6ccccc6)cc5n4c3c2)nc1. The van der Waals surface area contributed by atoms with Gasteiger partial charge in [0.1, 0.15) is 0 Å². The standard InChI is InChI=1S/C48H33N3OP2Se/c52-53(35-15-5-1-6-16-35,36-17-7-2-8-18-36)40-27-29-44(49-33-40)34-25-28-42-41-23-13-14-24-43(41)48-50-45-30-26-39(32-47(45)51(48)46(42)31-34)54(55,37-19-9-3-10-20-37)38-21-11-4-12-22-38/h1-33H. The Balaban J connectivity index is 1.18. The summed E-state index contributed by atoms with van der Waals surface area (Å²) in [6.07, 6.45) is 1.80. The van der Waals surface area contributed by atoms with Gasteiger partial charge in [-0.15, -0.1) is 0 Å². The van der Waals surface area contributed by atoms with E-state index >= 15 is 4.57 Å². The van der Waals surface area contributed by atoms with E-state index in [0.717, 1.165) is 60.2 Å². The van der Waals surface area contributed by atoms with Crippen molar-refractivity contribution in [2.75, 3.05) is 0 Å². The van der Waals surface area contributed by atoms with Crippen LogP contribution in [0, 0.1) is 0 Å². The van der Waals surface area contributed by atoms with Gasteiger partial charge >= 0.3 is 245 Å². The second-order valence-corrected chi connectivity index (χ2v) is 22.7. The van der Waals surface area contributed by atoms with E-state index < -0.39 is 12.7 Å². The third-order valence-corrected chi connectivity index (χ3v) is 20.7. The van der Waals surface area contributed by atoms with Crippen LogP contribution in [0.15, 0.2) is 200 Å². The Morgan fingerprint density at radius 3 is 1.58 bits per heavy atom. The molecule has 0 amide bonds. The molecule has 4 nitrogen and oxygen atoms in total. The van der Waals surface area contributed by atoms with Crippen LogP contribution in [0.2, 0.25) is 0 Å². The predicted octanol–water partition coefficient (Wildman–Crippen LogP) is 8.87. The van der Waals surface area contributed by atoms with Crippen molar-refractivity contribution in [3.8, 4) is 11.3 Å². The fourth-order valence-corrected chi connectivity index (χ4v) is 15.4. The van der Waals surface area contributed by atoms with E-state index in [1.165, 1.54) is 15.9 Å². The monoisotopic (exact) mass is 809 g/mol. The summed E-state index contributed by atoms with van der Waals surface area (Å²) >= 11 is 3.73. The van der Waals surface area contributed by atoms with Gasteiger partial charge in [0.15, 0.2) is 7.14 Å². The molecule has 0 saturated carbocycles. The summed E-state index contributed by atoms with van der Waals surface area (Å²) in [6.45, 7) is 0. The van der Waals surface area contributed by atoms with E-state index in [2.05, 4.69) is 141 Å². The third-order valence-electron chi connectivity index (χ3n) is 10.6. The molecule has 10 aromatic rings. The number of nitrogens with zero attached hydrogens (tertiary/aromatic N) is 3. The molecule has 0 bridgehead atoms. The number of rotatable bonds is 7. The van der Waals surface area contributed by atoms with Gasteiger partial charge in [0.25, 0.3) is 0 Å². The summed E-state index contributed by atoms with van der Waals surface area (Å²) in [6, 6.07) is 67.0. The van der Waals surface area contributed by atoms with Gasteiger partial charge in [0, 0.05) is 10.6 Å². The Morgan fingerprint density at radius 1 is 0.455 bits per heavy atom. The molecule has 7 heteroatoms. The van der Waals surface area contributed by atoms with E-state index in [-0.39, 0.29) is 0 Å². The van der Waals surface area contributed by atoms with Crippen LogP contribution in [0.5, 0.6) is 0 Å². The van der Waals surface area contributed by atoms with Crippen molar-refractivity contribution >= 4 is 97.9 Å². The zero-order valence-corrected chi connectivity index (χ0v) is 33.1. The molecule has 0 N–H and O–H groups in total. The van der Waals surface area contributed by atoms with E-state index in [1.54, 1.807) is 6.20 Å². The first-order valence-electron chi connectivity index (χ1n) is 18.2. The molecule has 10 rings (SSSR count). The van der Waals surface area contributed by atoms with Crippen molar-refractivity contribution < 1.29 is 4.57 Å². The molecule has 3 aromatic heterocycles. The topological polar surface area (TPSA) is 47.3 Å². The molecule has 3 heterocycles. The fourth-order valence-electron chi connectivity index (χ4n) is 7.89. The molecule has 0 fully saturated rings. The molecule has 55 heavy (non-hydrogen) atoms. The summed E-state index contributed by atoms with van der Waals surface area (Å²) < 4.78 is 17.4. The van der Waals surface area contributed by atoms with Crippen LogP contribution < -0.4 is 31.8 Å². The van der Waals surface area contributed by atoms with E-state index in [9.17, 15) is 0 Å². The number of pyridine rings is 2.